The molecule has 4 rings (SSSR count). The number of alkyl halides is 2. The zero-order chi connectivity index (χ0) is 18.9. The lowest BCUT2D eigenvalue weighted by Gasteiger charge is -2.22. The highest BCUT2D eigenvalue weighted by atomic mass is 19.3. The Morgan fingerprint density at radius 1 is 1.15 bits per heavy atom. The molecule has 1 saturated heterocycles. The second-order valence-electron chi connectivity index (χ2n) is 6.68. The molecule has 2 aromatic heterocycles. The molecule has 3 heterocycles. The summed E-state index contributed by atoms with van der Waals surface area (Å²) in [5, 5.41) is 9.61. The summed E-state index contributed by atoms with van der Waals surface area (Å²) in [7, 11) is 0. The van der Waals surface area contributed by atoms with Crippen LogP contribution in [0.3, 0.4) is 0 Å². The van der Waals surface area contributed by atoms with E-state index in [4.69, 9.17) is 0 Å². The van der Waals surface area contributed by atoms with Gasteiger partial charge in [-0.05, 0) is 18.6 Å². The van der Waals surface area contributed by atoms with Crippen molar-refractivity contribution in [3.63, 3.8) is 0 Å². The van der Waals surface area contributed by atoms with Crippen molar-refractivity contribution in [1.82, 2.24) is 14.9 Å². The number of hydrogen-bond donors (Lipinski definition) is 1. The van der Waals surface area contributed by atoms with E-state index in [1.807, 2.05) is 24.3 Å². The third-order valence-electron chi connectivity index (χ3n) is 4.66. The molecule has 0 radical (unpaired) electrons. The zero-order valence-electron chi connectivity index (χ0n) is 14.6. The molecular formula is C19H19F2N5O. The van der Waals surface area contributed by atoms with Gasteiger partial charge in [-0.25, -0.2) is 8.78 Å². The van der Waals surface area contributed by atoms with Gasteiger partial charge in [0.05, 0.1) is 29.2 Å². The van der Waals surface area contributed by atoms with Gasteiger partial charge in [-0.3, -0.25) is 14.8 Å². The van der Waals surface area contributed by atoms with Crippen LogP contribution in [0.2, 0.25) is 0 Å². The standard InChI is InChI=1S/C19H19F2N5O/c20-19(21)6-3-8-25(9-7-19)26-13-16(12-23-26)24-18(27)15-10-14-4-1-2-5-17(14)22-11-15/h1-2,4-5,10-13H,3,6-9H2,(H,24,27). The van der Waals surface area contributed by atoms with Gasteiger partial charge in [0.2, 0.25) is 5.92 Å². The van der Waals surface area contributed by atoms with Crippen molar-refractivity contribution in [1.29, 1.82) is 0 Å². The Bertz CT molecular complexity index is 971. The maximum Gasteiger partial charge on any atom is 0.257 e. The van der Waals surface area contributed by atoms with Crippen molar-refractivity contribution >= 4 is 22.5 Å². The average molecular weight is 371 g/mol. The maximum absolute atomic E-state index is 13.5. The molecule has 1 aromatic carbocycles. The number of pyridine rings is 1. The summed E-state index contributed by atoms with van der Waals surface area (Å²) in [5.41, 5.74) is 1.76. The van der Waals surface area contributed by atoms with E-state index < -0.39 is 5.92 Å². The summed E-state index contributed by atoms with van der Waals surface area (Å²) in [6.07, 6.45) is 4.77. The highest BCUT2D eigenvalue weighted by Gasteiger charge is 2.32. The number of nitrogens with zero attached hydrogens (tertiary/aromatic N) is 4. The lowest BCUT2D eigenvalue weighted by Crippen LogP contribution is -2.36. The number of amides is 1. The molecule has 140 valence electrons. The van der Waals surface area contributed by atoms with Crippen LogP contribution in [0.1, 0.15) is 29.6 Å². The van der Waals surface area contributed by atoms with Gasteiger partial charge < -0.3 is 5.32 Å². The van der Waals surface area contributed by atoms with E-state index in [-0.39, 0.29) is 25.3 Å². The Labute approximate surface area is 154 Å². The monoisotopic (exact) mass is 371 g/mol. The molecule has 1 N–H and O–H groups in total. The second-order valence-corrected chi connectivity index (χ2v) is 6.68. The van der Waals surface area contributed by atoms with Crippen LogP contribution in [-0.2, 0) is 0 Å². The van der Waals surface area contributed by atoms with Crippen molar-refractivity contribution in [2.45, 2.75) is 25.2 Å². The first kappa shape index (κ1) is 17.4. The fourth-order valence-corrected chi connectivity index (χ4v) is 3.18. The molecule has 0 saturated carbocycles. The molecule has 27 heavy (non-hydrogen) atoms. The first-order valence-electron chi connectivity index (χ1n) is 8.84. The number of carbonyl (C=O) groups is 1. The molecule has 0 spiro atoms. The van der Waals surface area contributed by atoms with Crippen molar-refractivity contribution in [3.8, 4) is 0 Å². The molecule has 1 amide bonds. The van der Waals surface area contributed by atoms with Crippen LogP contribution in [0.15, 0.2) is 48.9 Å². The number of para-hydroxylation sites is 1. The number of carbonyl (C=O) groups excluding carboxylic acids is 1. The van der Waals surface area contributed by atoms with Gasteiger partial charge in [0.1, 0.15) is 0 Å². The predicted molar refractivity (Wildman–Crippen MR) is 98.7 cm³/mol. The number of fused-ring (bicyclic) bond motifs is 1. The first-order valence-corrected chi connectivity index (χ1v) is 8.84. The van der Waals surface area contributed by atoms with Crippen LogP contribution in [0.4, 0.5) is 14.5 Å². The molecule has 6 nitrogen and oxygen atoms in total. The normalized spacial score (nSPS) is 16.9. The van der Waals surface area contributed by atoms with Gasteiger partial charge in [-0.1, -0.05) is 18.2 Å². The highest BCUT2D eigenvalue weighted by Crippen LogP contribution is 2.27. The van der Waals surface area contributed by atoms with E-state index in [0.29, 0.717) is 24.2 Å². The van der Waals surface area contributed by atoms with Crippen LogP contribution in [0, 0.1) is 0 Å². The molecule has 1 aliphatic rings. The molecule has 0 bridgehead atoms. The van der Waals surface area contributed by atoms with Crippen molar-refractivity contribution < 1.29 is 13.6 Å². The van der Waals surface area contributed by atoms with Gasteiger partial charge >= 0.3 is 0 Å². The molecule has 0 unspecified atom stereocenters. The minimum Gasteiger partial charge on any atom is -0.319 e. The quantitative estimate of drug-likeness (QED) is 0.766. The van der Waals surface area contributed by atoms with Crippen LogP contribution < -0.4 is 10.3 Å². The summed E-state index contributed by atoms with van der Waals surface area (Å²) < 4.78 is 27.0. The number of benzene rings is 1. The number of anilines is 1. The number of hydrogen-bond acceptors (Lipinski definition) is 4. The molecule has 0 atom stereocenters. The molecular weight excluding hydrogens is 352 g/mol. The van der Waals surface area contributed by atoms with Gasteiger partial charge in [0.15, 0.2) is 0 Å². The third-order valence-corrected chi connectivity index (χ3v) is 4.66. The van der Waals surface area contributed by atoms with Crippen LogP contribution >= 0.6 is 0 Å². The van der Waals surface area contributed by atoms with E-state index in [9.17, 15) is 13.6 Å². The Morgan fingerprint density at radius 2 is 2.00 bits per heavy atom. The summed E-state index contributed by atoms with van der Waals surface area (Å²) in [6, 6.07) is 9.33. The summed E-state index contributed by atoms with van der Waals surface area (Å²) >= 11 is 0. The number of aromatic nitrogens is 3. The minimum absolute atomic E-state index is 0.108. The van der Waals surface area contributed by atoms with Gasteiger partial charge in [-0.15, -0.1) is 0 Å². The summed E-state index contributed by atoms with van der Waals surface area (Å²) in [6.45, 7) is 0.718. The Morgan fingerprint density at radius 3 is 2.89 bits per heavy atom. The van der Waals surface area contributed by atoms with Crippen molar-refractivity contribution in [2.75, 3.05) is 23.4 Å². The molecule has 3 aromatic rings. The molecule has 0 aliphatic carbocycles. The van der Waals surface area contributed by atoms with E-state index >= 15 is 0 Å². The average Bonchev–Trinajstić information content (AvgIpc) is 3.04. The largest absolute Gasteiger partial charge is 0.319 e. The number of rotatable bonds is 3. The lowest BCUT2D eigenvalue weighted by molar-refractivity contribution is -0.0105. The zero-order valence-corrected chi connectivity index (χ0v) is 14.6. The molecule has 1 fully saturated rings. The van der Waals surface area contributed by atoms with Crippen LogP contribution in [0.5, 0.6) is 0 Å². The van der Waals surface area contributed by atoms with E-state index in [1.54, 1.807) is 17.3 Å². The maximum atomic E-state index is 13.5. The molecule has 8 heteroatoms. The van der Waals surface area contributed by atoms with E-state index in [0.717, 1.165) is 10.9 Å². The fraction of sp³-hybridized carbons (Fsp3) is 0.316. The Kier molecular flexibility index (Phi) is 4.47. The van der Waals surface area contributed by atoms with Crippen molar-refractivity contribution in [2.24, 2.45) is 0 Å². The van der Waals surface area contributed by atoms with Crippen LogP contribution in [0.25, 0.3) is 10.9 Å². The highest BCUT2D eigenvalue weighted by molar-refractivity contribution is 6.05. The third kappa shape index (κ3) is 3.89. The Balaban J connectivity index is 1.46. The van der Waals surface area contributed by atoms with E-state index in [2.05, 4.69) is 15.4 Å². The van der Waals surface area contributed by atoms with E-state index in [1.165, 1.54) is 17.2 Å². The van der Waals surface area contributed by atoms with Gasteiger partial charge in [-0.2, -0.15) is 9.89 Å². The fourth-order valence-electron chi connectivity index (χ4n) is 3.18. The smallest absolute Gasteiger partial charge is 0.257 e. The Hall–Kier alpha value is -3.03. The van der Waals surface area contributed by atoms with Crippen molar-refractivity contribution in [3.05, 3.63) is 54.5 Å². The number of nitrogens with one attached hydrogen (secondary N) is 1. The van der Waals surface area contributed by atoms with Gasteiger partial charge in [0, 0.05) is 37.5 Å². The lowest BCUT2D eigenvalue weighted by atomic mass is 10.1. The number of halogens is 2. The minimum atomic E-state index is -2.62. The molecule has 1 aliphatic heterocycles. The van der Waals surface area contributed by atoms with Crippen LogP contribution in [-0.4, -0.2) is 39.8 Å². The first-order chi connectivity index (χ1) is 13.0. The van der Waals surface area contributed by atoms with Gasteiger partial charge in [0.25, 0.3) is 5.91 Å². The SMILES string of the molecule is O=C(Nc1cnn(N2CCCC(F)(F)CC2)c1)c1cnc2ccccc2c1. The second kappa shape index (κ2) is 6.94. The predicted octanol–water partition coefficient (Wildman–Crippen LogP) is 3.44. The summed E-state index contributed by atoms with van der Waals surface area (Å²) in [4.78, 5) is 18.3. The summed E-state index contributed by atoms with van der Waals surface area (Å²) in [5.74, 6) is -2.92. The topological polar surface area (TPSA) is 63.1 Å².